The highest BCUT2D eigenvalue weighted by Crippen LogP contribution is 2.37. The lowest BCUT2D eigenvalue weighted by atomic mass is 9.99. The quantitative estimate of drug-likeness (QED) is 0.243. The number of imidazole rings is 1. The van der Waals surface area contributed by atoms with Gasteiger partial charge in [-0.1, -0.05) is 66.2 Å². The van der Waals surface area contributed by atoms with Crippen LogP contribution in [0.25, 0.3) is 21.9 Å². The average Bonchev–Trinajstić information content (AvgIpc) is 3.49. The van der Waals surface area contributed by atoms with E-state index in [9.17, 15) is 10.1 Å². The minimum atomic E-state index is -0.320. The number of aromatic amines is 1. The summed E-state index contributed by atoms with van der Waals surface area (Å²) in [6, 6.07) is 21.2. The highest BCUT2D eigenvalue weighted by atomic mass is 35.5. The number of hydrogen-bond acceptors (Lipinski definition) is 3. The zero-order valence-electron chi connectivity index (χ0n) is 17.0. The fourth-order valence-corrected chi connectivity index (χ4v) is 4.25. The maximum Gasteiger partial charge on any atom is 0.294 e. The Morgan fingerprint density at radius 1 is 1.00 bits per heavy atom. The monoisotopic (exact) mass is 442 g/mol. The van der Waals surface area contributed by atoms with Crippen LogP contribution in [0, 0.1) is 10.1 Å². The van der Waals surface area contributed by atoms with E-state index in [1.807, 2.05) is 77.5 Å². The second kappa shape index (κ2) is 8.32. The lowest BCUT2D eigenvalue weighted by Gasteiger charge is -2.17. The third kappa shape index (κ3) is 3.76. The van der Waals surface area contributed by atoms with Crippen molar-refractivity contribution in [3.63, 3.8) is 0 Å². The number of fused-ring (bicyclic) bond motifs is 1. The van der Waals surface area contributed by atoms with E-state index in [0.717, 1.165) is 27.6 Å². The molecule has 2 aromatic heterocycles. The van der Waals surface area contributed by atoms with Crippen LogP contribution in [0.3, 0.4) is 0 Å². The maximum atomic E-state index is 12.0. The molecular formula is C25H19ClN4O2. The van der Waals surface area contributed by atoms with Crippen molar-refractivity contribution < 1.29 is 4.92 Å². The molecule has 1 atom stereocenters. The molecule has 32 heavy (non-hydrogen) atoms. The molecule has 5 rings (SSSR count). The van der Waals surface area contributed by atoms with Crippen LogP contribution in [0.5, 0.6) is 0 Å². The summed E-state index contributed by atoms with van der Waals surface area (Å²) in [5, 5.41) is 14.7. The predicted octanol–water partition coefficient (Wildman–Crippen LogP) is 6.43. The molecule has 0 spiro atoms. The van der Waals surface area contributed by atoms with Crippen LogP contribution in [0.1, 0.15) is 17.3 Å². The average molecular weight is 443 g/mol. The fraction of sp³-hybridized carbons (Fsp3) is 0.0800. The molecule has 0 aliphatic rings. The minimum Gasteiger partial charge on any atom is -0.347 e. The van der Waals surface area contributed by atoms with Gasteiger partial charge < -0.3 is 9.55 Å². The van der Waals surface area contributed by atoms with Crippen LogP contribution < -0.4 is 0 Å². The van der Waals surface area contributed by atoms with Crippen molar-refractivity contribution in [2.45, 2.75) is 12.5 Å². The van der Waals surface area contributed by atoms with Gasteiger partial charge in [0.25, 0.3) is 5.69 Å². The molecular weight excluding hydrogens is 424 g/mol. The molecule has 0 amide bonds. The minimum absolute atomic E-state index is 0.0713. The van der Waals surface area contributed by atoms with E-state index in [2.05, 4.69) is 9.97 Å². The van der Waals surface area contributed by atoms with Gasteiger partial charge >= 0.3 is 0 Å². The van der Waals surface area contributed by atoms with Crippen molar-refractivity contribution in [2.75, 3.05) is 0 Å². The van der Waals surface area contributed by atoms with Crippen LogP contribution in [-0.4, -0.2) is 19.5 Å². The first-order chi connectivity index (χ1) is 15.6. The van der Waals surface area contributed by atoms with Gasteiger partial charge in [0.2, 0.25) is 0 Å². The zero-order chi connectivity index (χ0) is 22.1. The molecule has 7 heteroatoms. The topological polar surface area (TPSA) is 76.8 Å². The molecule has 5 aromatic rings. The number of nitrogens with zero attached hydrogens (tertiary/aromatic N) is 3. The van der Waals surface area contributed by atoms with E-state index in [1.165, 1.54) is 0 Å². The molecule has 0 bridgehead atoms. The number of benzene rings is 3. The summed E-state index contributed by atoms with van der Waals surface area (Å²) in [4.78, 5) is 19.0. The van der Waals surface area contributed by atoms with Gasteiger partial charge in [-0.25, -0.2) is 4.98 Å². The summed E-state index contributed by atoms with van der Waals surface area (Å²) in [5.74, 6) is 0. The second-order valence-corrected chi connectivity index (χ2v) is 8.08. The number of aromatic nitrogens is 3. The highest BCUT2D eigenvalue weighted by Gasteiger charge is 2.25. The van der Waals surface area contributed by atoms with Crippen molar-refractivity contribution in [2.24, 2.45) is 0 Å². The first-order valence-electron chi connectivity index (χ1n) is 10.2. The first-order valence-corrected chi connectivity index (χ1v) is 10.5. The van der Waals surface area contributed by atoms with Gasteiger partial charge in [-0.2, -0.15) is 0 Å². The summed E-state index contributed by atoms with van der Waals surface area (Å²) in [6.07, 6.45) is 7.47. The lowest BCUT2D eigenvalue weighted by Crippen LogP contribution is -2.12. The van der Waals surface area contributed by atoms with Crippen LogP contribution in [0.2, 0.25) is 5.02 Å². The van der Waals surface area contributed by atoms with Crippen molar-refractivity contribution in [1.82, 2.24) is 14.5 Å². The summed E-state index contributed by atoms with van der Waals surface area (Å²) in [5.41, 5.74) is 3.43. The molecule has 0 radical (unpaired) electrons. The SMILES string of the molecule is O=[N+]([O-])c1cn(C(Cc2ccc(Cl)cc2)c2cnc[nH]2)cc1-c1cccc2ccccc12. The summed E-state index contributed by atoms with van der Waals surface area (Å²) in [6.45, 7) is 0. The predicted molar refractivity (Wildman–Crippen MR) is 126 cm³/mol. The van der Waals surface area contributed by atoms with Crippen LogP contribution >= 0.6 is 11.6 Å². The molecule has 1 N–H and O–H groups in total. The van der Waals surface area contributed by atoms with Gasteiger partial charge in [-0.3, -0.25) is 10.1 Å². The fourth-order valence-electron chi connectivity index (χ4n) is 4.13. The first kappa shape index (κ1) is 20.0. The van der Waals surface area contributed by atoms with E-state index >= 15 is 0 Å². The zero-order valence-corrected chi connectivity index (χ0v) is 17.7. The summed E-state index contributed by atoms with van der Waals surface area (Å²) >= 11 is 6.04. The molecule has 0 aliphatic carbocycles. The van der Waals surface area contributed by atoms with Crippen LogP contribution in [-0.2, 0) is 6.42 Å². The molecule has 0 saturated heterocycles. The van der Waals surface area contributed by atoms with E-state index in [0.29, 0.717) is 17.0 Å². The van der Waals surface area contributed by atoms with Gasteiger partial charge in [0.05, 0.1) is 40.9 Å². The highest BCUT2D eigenvalue weighted by molar-refractivity contribution is 6.30. The Morgan fingerprint density at radius 2 is 1.78 bits per heavy atom. The van der Waals surface area contributed by atoms with Crippen molar-refractivity contribution >= 4 is 28.1 Å². The van der Waals surface area contributed by atoms with Gasteiger partial charge in [0, 0.05) is 11.2 Å². The number of nitrogens with one attached hydrogen (secondary N) is 1. The largest absolute Gasteiger partial charge is 0.347 e. The Balaban J connectivity index is 1.65. The Labute approximate surface area is 189 Å². The Morgan fingerprint density at radius 3 is 2.53 bits per heavy atom. The Bertz CT molecular complexity index is 1390. The summed E-state index contributed by atoms with van der Waals surface area (Å²) in [7, 11) is 0. The Kier molecular flexibility index (Phi) is 5.21. The van der Waals surface area contributed by atoms with Crippen molar-refractivity contribution in [1.29, 1.82) is 0 Å². The molecule has 6 nitrogen and oxygen atoms in total. The number of halogens is 1. The summed E-state index contributed by atoms with van der Waals surface area (Å²) < 4.78 is 1.90. The third-order valence-corrected chi connectivity index (χ3v) is 5.93. The lowest BCUT2D eigenvalue weighted by molar-refractivity contribution is -0.384. The molecule has 0 saturated carbocycles. The Hall–Kier alpha value is -3.90. The van der Waals surface area contributed by atoms with Crippen LogP contribution in [0.15, 0.2) is 91.6 Å². The molecule has 0 fully saturated rings. The molecule has 158 valence electrons. The normalized spacial score (nSPS) is 12.2. The van der Waals surface area contributed by atoms with Gasteiger partial charge in [-0.05, 0) is 40.5 Å². The van der Waals surface area contributed by atoms with E-state index in [-0.39, 0.29) is 16.7 Å². The smallest absolute Gasteiger partial charge is 0.294 e. The standard InChI is InChI=1S/C25H19ClN4O2/c26-19-10-8-17(9-11-19)12-24(23-13-27-16-28-23)29-14-22(25(15-29)30(31)32)21-7-3-5-18-4-1-2-6-20(18)21/h1-11,13-16,24H,12H2,(H,27,28). The van der Waals surface area contributed by atoms with E-state index in [4.69, 9.17) is 11.6 Å². The van der Waals surface area contributed by atoms with Crippen molar-refractivity contribution in [3.8, 4) is 11.1 Å². The molecule has 1 unspecified atom stereocenters. The van der Waals surface area contributed by atoms with Gasteiger partial charge in [0.15, 0.2) is 0 Å². The molecule has 3 aromatic carbocycles. The van der Waals surface area contributed by atoms with E-state index < -0.39 is 0 Å². The van der Waals surface area contributed by atoms with Crippen molar-refractivity contribution in [3.05, 3.63) is 118 Å². The number of rotatable bonds is 6. The number of nitro groups is 1. The number of hydrogen-bond donors (Lipinski definition) is 1. The molecule has 0 aliphatic heterocycles. The number of H-pyrrole nitrogens is 1. The second-order valence-electron chi connectivity index (χ2n) is 7.64. The maximum absolute atomic E-state index is 12.0. The van der Waals surface area contributed by atoms with Crippen LogP contribution in [0.4, 0.5) is 5.69 Å². The van der Waals surface area contributed by atoms with Gasteiger partial charge in [-0.15, -0.1) is 0 Å². The van der Waals surface area contributed by atoms with Gasteiger partial charge in [0.1, 0.15) is 0 Å². The third-order valence-electron chi connectivity index (χ3n) is 5.68. The van der Waals surface area contributed by atoms with E-state index in [1.54, 1.807) is 18.7 Å². The molecule has 2 heterocycles.